The zero-order chi connectivity index (χ0) is 25.2. The fourth-order valence-electron chi connectivity index (χ4n) is 3.05. The molecule has 0 spiro atoms. The van der Waals surface area contributed by atoms with Crippen molar-refractivity contribution in [2.75, 3.05) is 11.9 Å². The van der Waals surface area contributed by atoms with Crippen LogP contribution >= 0.6 is 0 Å². The third kappa shape index (κ3) is 7.43. The number of esters is 1. The smallest absolute Gasteiger partial charge is 0.434 e. The van der Waals surface area contributed by atoms with E-state index in [2.05, 4.69) is 10.6 Å². The first kappa shape index (κ1) is 25.0. The largest absolute Gasteiger partial charge is 0.513 e. The lowest BCUT2D eigenvalue weighted by Gasteiger charge is -2.13. The van der Waals surface area contributed by atoms with Crippen molar-refractivity contribution in [1.29, 1.82) is 0 Å². The molecule has 0 fully saturated rings. The van der Waals surface area contributed by atoms with E-state index < -0.39 is 18.0 Å². The lowest BCUT2D eigenvalue weighted by atomic mass is 10.1. The Labute approximate surface area is 202 Å². The molecule has 9 heteroatoms. The summed E-state index contributed by atoms with van der Waals surface area (Å²) >= 11 is 0. The molecule has 2 N–H and O–H groups in total. The first-order chi connectivity index (χ1) is 16.9. The molecule has 35 heavy (non-hydrogen) atoms. The number of anilines is 1. The highest BCUT2D eigenvalue weighted by Crippen LogP contribution is 2.19. The van der Waals surface area contributed by atoms with Crippen LogP contribution in [0.1, 0.15) is 40.1 Å². The maximum atomic E-state index is 12.7. The van der Waals surface area contributed by atoms with Crippen LogP contribution in [0.25, 0.3) is 0 Å². The predicted molar refractivity (Wildman–Crippen MR) is 127 cm³/mol. The fourth-order valence-corrected chi connectivity index (χ4v) is 3.05. The van der Waals surface area contributed by atoms with E-state index in [1.165, 1.54) is 37.3 Å². The summed E-state index contributed by atoms with van der Waals surface area (Å²) in [5, 5.41) is 5.62. The molecule has 3 aromatic carbocycles. The number of carbonyl (C=O) groups is 4. The average molecular weight is 476 g/mol. The summed E-state index contributed by atoms with van der Waals surface area (Å²) in [5.41, 5.74) is 1.89. The summed E-state index contributed by atoms with van der Waals surface area (Å²) in [6, 6.07) is 19.3. The molecule has 180 valence electrons. The molecule has 0 atom stereocenters. The number of hydrogen-bond acceptors (Lipinski definition) is 7. The molecule has 0 aliphatic carbocycles. The quantitative estimate of drug-likeness (QED) is 0.282. The molecule has 3 aromatic rings. The first-order valence-electron chi connectivity index (χ1n) is 10.8. The number of benzene rings is 3. The van der Waals surface area contributed by atoms with Crippen LogP contribution in [0.4, 0.5) is 10.5 Å². The van der Waals surface area contributed by atoms with Gasteiger partial charge in [-0.05, 0) is 61.0 Å². The number of carbonyl (C=O) groups excluding carboxylic acids is 4. The molecular weight excluding hydrogens is 452 g/mol. The zero-order valence-corrected chi connectivity index (χ0v) is 19.2. The second-order valence-corrected chi connectivity index (χ2v) is 7.22. The summed E-state index contributed by atoms with van der Waals surface area (Å²) in [6.07, 6.45) is -0.818. The number of hydrogen-bond donors (Lipinski definition) is 2. The molecule has 0 aliphatic rings. The van der Waals surface area contributed by atoms with Crippen molar-refractivity contribution in [3.63, 3.8) is 0 Å². The molecule has 0 radical (unpaired) electrons. The van der Waals surface area contributed by atoms with Gasteiger partial charge in [-0.3, -0.25) is 14.4 Å². The van der Waals surface area contributed by atoms with Crippen LogP contribution in [0, 0.1) is 0 Å². The topological polar surface area (TPSA) is 120 Å². The van der Waals surface area contributed by atoms with Crippen LogP contribution in [0.15, 0.2) is 72.8 Å². The van der Waals surface area contributed by atoms with Crippen LogP contribution < -0.4 is 20.1 Å². The lowest BCUT2D eigenvalue weighted by molar-refractivity contribution is -0.131. The van der Waals surface area contributed by atoms with Gasteiger partial charge in [-0.1, -0.05) is 24.3 Å². The van der Waals surface area contributed by atoms with Gasteiger partial charge >= 0.3 is 12.1 Å². The molecule has 2 amide bonds. The third-order valence-corrected chi connectivity index (χ3v) is 4.64. The first-order valence-corrected chi connectivity index (χ1v) is 10.8. The normalized spacial score (nSPS) is 10.1. The summed E-state index contributed by atoms with van der Waals surface area (Å²) in [7, 11) is 0. The van der Waals surface area contributed by atoms with Crippen LogP contribution in [0.2, 0.25) is 0 Å². The molecule has 0 aromatic heterocycles. The molecule has 0 saturated carbocycles. The van der Waals surface area contributed by atoms with Crippen LogP contribution in [-0.2, 0) is 16.1 Å². The summed E-state index contributed by atoms with van der Waals surface area (Å²) in [4.78, 5) is 47.8. The number of amides is 2. The van der Waals surface area contributed by atoms with Crippen LogP contribution in [-0.4, -0.2) is 30.5 Å². The summed E-state index contributed by atoms with van der Waals surface area (Å²) < 4.78 is 14.7. The number of nitrogens with one attached hydrogen (secondary N) is 2. The summed E-state index contributed by atoms with van der Waals surface area (Å²) in [5.74, 6) is -0.696. The fraction of sp³-hybridized carbons (Fsp3) is 0.154. The van der Waals surface area contributed by atoms with Crippen molar-refractivity contribution in [2.45, 2.75) is 20.4 Å². The van der Waals surface area contributed by atoms with Crippen molar-refractivity contribution >= 4 is 29.6 Å². The molecule has 0 saturated heterocycles. The third-order valence-electron chi connectivity index (χ3n) is 4.64. The Morgan fingerprint density at radius 2 is 1.51 bits per heavy atom. The van der Waals surface area contributed by atoms with Gasteiger partial charge in [-0.2, -0.15) is 0 Å². The Morgan fingerprint density at radius 1 is 0.771 bits per heavy atom. The second-order valence-electron chi connectivity index (χ2n) is 7.22. The van der Waals surface area contributed by atoms with Crippen molar-refractivity contribution in [2.24, 2.45) is 0 Å². The minimum absolute atomic E-state index is 0.157. The van der Waals surface area contributed by atoms with E-state index in [9.17, 15) is 19.2 Å². The molecule has 0 bridgehead atoms. The van der Waals surface area contributed by atoms with Gasteiger partial charge in [0.05, 0.1) is 6.61 Å². The average Bonchev–Trinajstić information content (AvgIpc) is 2.83. The summed E-state index contributed by atoms with van der Waals surface area (Å²) in [6.45, 7) is 3.30. The Morgan fingerprint density at radius 3 is 2.23 bits per heavy atom. The van der Waals surface area contributed by atoms with E-state index in [0.29, 0.717) is 22.4 Å². The maximum absolute atomic E-state index is 12.7. The molecule has 9 nitrogen and oxygen atoms in total. The van der Waals surface area contributed by atoms with Gasteiger partial charge in [0.2, 0.25) is 0 Å². The maximum Gasteiger partial charge on any atom is 0.513 e. The van der Waals surface area contributed by atoms with Crippen LogP contribution in [0.3, 0.4) is 0 Å². The van der Waals surface area contributed by atoms with Gasteiger partial charge in [0.25, 0.3) is 11.8 Å². The molecular formula is C26H24N2O7. The molecule has 0 heterocycles. The van der Waals surface area contributed by atoms with Crippen molar-refractivity contribution < 1.29 is 33.4 Å². The van der Waals surface area contributed by atoms with Gasteiger partial charge < -0.3 is 24.8 Å². The number of para-hydroxylation sites is 1. The Hall–Kier alpha value is -4.66. The highest BCUT2D eigenvalue weighted by atomic mass is 16.7. The highest BCUT2D eigenvalue weighted by molar-refractivity contribution is 6.05. The van der Waals surface area contributed by atoms with Gasteiger partial charge in [0, 0.05) is 30.3 Å². The van der Waals surface area contributed by atoms with Crippen molar-refractivity contribution in [3.05, 3.63) is 89.5 Å². The van der Waals surface area contributed by atoms with Crippen molar-refractivity contribution in [1.82, 2.24) is 5.32 Å². The van der Waals surface area contributed by atoms with E-state index in [4.69, 9.17) is 14.2 Å². The van der Waals surface area contributed by atoms with E-state index in [1.807, 2.05) is 0 Å². The lowest BCUT2D eigenvalue weighted by Crippen LogP contribution is -2.24. The number of rotatable bonds is 8. The van der Waals surface area contributed by atoms with E-state index in [1.54, 1.807) is 49.4 Å². The molecule has 0 unspecified atom stereocenters. The Balaban J connectivity index is 1.62. The minimum atomic E-state index is -0.818. The van der Waals surface area contributed by atoms with Crippen molar-refractivity contribution in [3.8, 4) is 11.5 Å². The Kier molecular flexibility index (Phi) is 8.55. The van der Waals surface area contributed by atoms with Gasteiger partial charge in [0.1, 0.15) is 11.5 Å². The van der Waals surface area contributed by atoms with E-state index in [0.717, 1.165) is 0 Å². The second kappa shape index (κ2) is 12.0. The zero-order valence-electron chi connectivity index (χ0n) is 19.2. The number of ether oxygens (including phenoxy) is 3. The van der Waals surface area contributed by atoms with E-state index in [-0.39, 0.29) is 30.6 Å². The van der Waals surface area contributed by atoms with Gasteiger partial charge in [-0.15, -0.1) is 0 Å². The molecule has 3 rings (SSSR count). The SMILES string of the molecule is CCOC(=O)Oc1ccc(C(=O)NCc2ccccc2NC(=O)c2cccc(OC(C)=O)c2)cc1. The standard InChI is InChI=1S/C26H24N2O7/c1-3-33-26(32)35-21-13-11-18(12-14-21)24(30)27-16-20-7-4-5-10-23(20)28-25(31)19-8-6-9-22(15-19)34-17(2)29/h4-15H,3,16H2,1-2H3,(H,27,30)(H,28,31). The minimum Gasteiger partial charge on any atom is -0.434 e. The van der Waals surface area contributed by atoms with Crippen LogP contribution in [0.5, 0.6) is 11.5 Å². The Bertz CT molecular complexity index is 1220. The predicted octanol–water partition coefficient (Wildman–Crippen LogP) is 4.33. The highest BCUT2D eigenvalue weighted by Gasteiger charge is 2.13. The molecule has 0 aliphatic heterocycles. The van der Waals surface area contributed by atoms with Gasteiger partial charge in [0.15, 0.2) is 0 Å². The monoisotopic (exact) mass is 476 g/mol. The van der Waals surface area contributed by atoms with E-state index >= 15 is 0 Å². The van der Waals surface area contributed by atoms with Gasteiger partial charge in [-0.25, -0.2) is 4.79 Å².